The second-order valence-corrected chi connectivity index (χ2v) is 8.74. The van der Waals surface area contributed by atoms with E-state index in [4.69, 9.17) is 14.6 Å². The molecular formula is C24H27IN2O6. The molecule has 1 amide bonds. The van der Waals surface area contributed by atoms with Gasteiger partial charge in [-0.05, 0) is 52.8 Å². The summed E-state index contributed by atoms with van der Waals surface area (Å²) in [5.74, 6) is 0.409. The Morgan fingerprint density at radius 2 is 2.03 bits per heavy atom. The van der Waals surface area contributed by atoms with Crippen LogP contribution in [0.15, 0.2) is 54.1 Å². The molecule has 3 unspecified atom stereocenters. The Morgan fingerprint density at radius 1 is 1.27 bits per heavy atom. The Hall–Kier alpha value is -2.47. The van der Waals surface area contributed by atoms with Gasteiger partial charge in [-0.15, -0.1) is 0 Å². The number of rotatable bonds is 10. The van der Waals surface area contributed by atoms with Crippen molar-refractivity contribution in [3.05, 3.63) is 68.8 Å². The number of benzene rings is 2. The summed E-state index contributed by atoms with van der Waals surface area (Å²) < 4.78 is 12.2. The lowest BCUT2D eigenvalue weighted by Crippen LogP contribution is -2.51. The first-order valence-electron chi connectivity index (χ1n) is 10.5. The van der Waals surface area contributed by atoms with Gasteiger partial charge in [0.25, 0.3) is 0 Å². The zero-order valence-corrected chi connectivity index (χ0v) is 20.3. The number of methoxy groups -OCH3 is 1. The number of hydrogen-bond donors (Lipinski definition) is 4. The van der Waals surface area contributed by atoms with Gasteiger partial charge >= 0.3 is 0 Å². The number of nitrogens with one attached hydrogen (secondary N) is 2. The van der Waals surface area contributed by atoms with E-state index in [0.29, 0.717) is 39.2 Å². The highest BCUT2D eigenvalue weighted by atomic mass is 127. The van der Waals surface area contributed by atoms with Crippen molar-refractivity contribution < 1.29 is 29.3 Å². The summed E-state index contributed by atoms with van der Waals surface area (Å²) in [7, 11) is 1.47. The third-order valence-electron chi connectivity index (χ3n) is 5.30. The molecule has 0 aliphatic heterocycles. The maximum Gasteiger partial charge on any atom is 0.247 e. The van der Waals surface area contributed by atoms with Crippen molar-refractivity contribution in [1.29, 1.82) is 0 Å². The van der Waals surface area contributed by atoms with Crippen molar-refractivity contribution in [2.75, 3.05) is 20.3 Å². The Kier molecular flexibility index (Phi) is 9.24. The number of ether oxygens (including phenoxy) is 2. The van der Waals surface area contributed by atoms with Gasteiger partial charge < -0.3 is 30.3 Å². The van der Waals surface area contributed by atoms with E-state index < -0.39 is 18.2 Å². The van der Waals surface area contributed by atoms with Crippen LogP contribution in [-0.2, 0) is 11.3 Å². The topological polar surface area (TPSA) is 117 Å². The molecule has 9 heteroatoms. The fourth-order valence-electron chi connectivity index (χ4n) is 3.60. The summed E-state index contributed by atoms with van der Waals surface area (Å²) in [6.45, 7) is 0.469. The summed E-state index contributed by atoms with van der Waals surface area (Å²) in [6, 6.07) is 12.5. The molecule has 0 heterocycles. The normalized spacial score (nSPS) is 20.0. The number of aliphatic hydroxyl groups excluding tert-OH is 2. The van der Waals surface area contributed by atoms with E-state index >= 15 is 0 Å². The molecule has 176 valence electrons. The van der Waals surface area contributed by atoms with Gasteiger partial charge in [0.15, 0.2) is 11.5 Å². The first-order valence-corrected chi connectivity index (χ1v) is 11.6. The Bertz CT molecular complexity index is 998. The Balaban J connectivity index is 1.87. The first-order chi connectivity index (χ1) is 16.0. The second-order valence-electron chi connectivity index (χ2n) is 7.57. The van der Waals surface area contributed by atoms with E-state index in [1.165, 1.54) is 7.11 Å². The number of carbonyl (C=O) groups is 2. The van der Waals surface area contributed by atoms with Crippen LogP contribution in [0.4, 0.5) is 0 Å². The van der Waals surface area contributed by atoms with E-state index in [0.717, 1.165) is 11.8 Å². The molecule has 1 aliphatic carbocycles. The molecule has 0 bridgehead atoms. The number of amides is 1. The van der Waals surface area contributed by atoms with Crippen LogP contribution < -0.4 is 20.1 Å². The van der Waals surface area contributed by atoms with Gasteiger partial charge in [-0.2, -0.15) is 0 Å². The molecule has 2 aromatic carbocycles. The molecule has 2 aromatic rings. The maximum absolute atomic E-state index is 12.6. The third kappa shape index (κ3) is 6.53. The van der Waals surface area contributed by atoms with Crippen LogP contribution in [0.25, 0.3) is 0 Å². The van der Waals surface area contributed by atoms with Crippen molar-refractivity contribution in [2.45, 2.75) is 31.2 Å². The maximum atomic E-state index is 12.6. The van der Waals surface area contributed by atoms with E-state index in [1.54, 1.807) is 18.2 Å². The van der Waals surface area contributed by atoms with Gasteiger partial charge in [-0.3, -0.25) is 9.59 Å². The van der Waals surface area contributed by atoms with Crippen LogP contribution >= 0.6 is 22.6 Å². The van der Waals surface area contributed by atoms with Crippen molar-refractivity contribution in [2.24, 2.45) is 0 Å². The molecule has 0 aromatic heterocycles. The lowest BCUT2D eigenvalue weighted by molar-refractivity contribution is -0.118. The van der Waals surface area contributed by atoms with Crippen LogP contribution in [0.2, 0.25) is 0 Å². The quantitative estimate of drug-likeness (QED) is 0.256. The van der Waals surface area contributed by atoms with Gasteiger partial charge in [-0.25, -0.2) is 0 Å². The number of carbonyl (C=O) groups excluding carboxylic acids is 2. The van der Waals surface area contributed by atoms with E-state index in [-0.39, 0.29) is 19.1 Å². The largest absolute Gasteiger partial charge is 0.493 e. The number of halogens is 1. The predicted octanol–water partition coefficient (Wildman–Crippen LogP) is 1.82. The van der Waals surface area contributed by atoms with Gasteiger partial charge in [0.1, 0.15) is 18.5 Å². The summed E-state index contributed by atoms with van der Waals surface area (Å²) in [5, 5.41) is 26.1. The van der Waals surface area contributed by atoms with E-state index in [9.17, 15) is 14.7 Å². The Labute approximate surface area is 206 Å². The summed E-state index contributed by atoms with van der Waals surface area (Å²) in [5.41, 5.74) is 1.93. The minimum Gasteiger partial charge on any atom is -0.493 e. The second kappa shape index (κ2) is 12.1. The van der Waals surface area contributed by atoms with Gasteiger partial charge in [-0.1, -0.05) is 30.3 Å². The molecule has 0 saturated carbocycles. The monoisotopic (exact) mass is 566 g/mol. The number of hydrogen-bond acceptors (Lipinski definition) is 7. The Morgan fingerprint density at radius 3 is 2.70 bits per heavy atom. The smallest absolute Gasteiger partial charge is 0.247 e. The van der Waals surface area contributed by atoms with Crippen molar-refractivity contribution in [1.82, 2.24) is 10.6 Å². The highest BCUT2D eigenvalue weighted by molar-refractivity contribution is 14.1. The van der Waals surface area contributed by atoms with Crippen LogP contribution in [-0.4, -0.2) is 60.9 Å². The van der Waals surface area contributed by atoms with Crippen molar-refractivity contribution in [3.8, 4) is 11.5 Å². The number of aliphatic hydroxyl groups is 2. The van der Waals surface area contributed by atoms with Crippen LogP contribution in [0.1, 0.15) is 22.3 Å². The standard InChI is InChI=1S/C24H27IN2O6/c1-32-21-10-16(14-29)9-18(25)23(21)33-20-12-17(24(31)26-7-8-28)11-19(22(20)30)27-13-15-5-3-2-4-6-15/h2-6,9-10,12,14,19-20,22,27-28,30H,7-8,11,13H2,1H3,(H,26,31). The molecule has 33 heavy (non-hydrogen) atoms. The van der Waals surface area contributed by atoms with Crippen LogP contribution in [0, 0.1) is 3.57 Å². The minimum atomic E-state index is -0.950. The SMILES string of the molecule is COc1cc(C=O)cc(I)c1OC1C=C(C(=O)NCCO)CC(NCc2ccccc2)C1O. The lowest BCUT2D eigenvalue weighted by atomic mass is 9.89. The molecule has 4 N–H and O–H groups in total. The minimum absolute atomic E-state index is 0.130. The molecule has 0 saturated heterocycles. The predicted molar refractivity (Wildman–Crippen MR) is 131 cm³/mol. The summed E-state index contributed by atoms with van der Waals surface area (Å²) in [6.07, 6.45) is 0.822. The molecule has 3 atom stereocenters. The third-order valence-corrected chi connectivity index (χ3v) is 6.10. The molecule has 0 radical (unpaired) electrons. The lowest BCUT2D eigenvalue weighted by Gasteiger charge is -2.34. The first kappa shape index (κ1) is 25.2. The molecule has 1 aliphatic rings. The van der Waals surface area contributed by atoms with Gasteiger partial charge in [0.2, 0.25) is 5.91 Å². The fourth-order valence-corrected chi connectivity index (χ4v) is 4.36. The fraction of sp³-hybridized carbons (Fsp3) is 0.333. The van der Waals surface area contributed by atoms with Crippen LogP contribution in [0.3, 0.4) is 0 Å². The number of aldehydes is 1. The zero-order valence-electron chi connectivity index (χ0n) is 18.2. The van der Waals surface area contributed by atoms with Crippen molar-refractivity contribution in [3.63, 3.8) is 0 Å². The van der Waals surface area contributed by atoms with Gasteiger partial charge in [0, 0.05) is 30.3 Å². The summed E-state index contributed by atoms with van der Waals surface area (Å²) in [4.78, 5) is 23.8. The average molecular weight is 566 g/mol. The average Bonchev–Trinajstić information content (AvgIpc) is 2.84. The van der Waals surface area contributed by atoms with Gasteiger partial charge in [0.05, 0.1) is 17.3 Å². The van der Waals surface area contributed by atoms with Crippen LogP contribution in [0.5, 0.6) is 11.5 Å². The van der Waals surface area contributed by atoms with E-state index in [2.05, 4.69) is 10.6 Å². The summed E-state index contributed by atoms with van der Waals surface area (Å²) >= 11 is 2.04. The highest BCUT2D eigenvalue weighted by Gasteiger charge is 2.36. The van der Waals surface area contributed by atoms with E-state index in [1.807, 2.05) is 52.9 Å². The molecule has 0 spiro atoms. The highest BCUT2D eigenvalue weighted by Crippen LogP contribution is 2.36. The molecule has 8 nitrogen and oxygen atoms in total. The van der Waals surface area contributed by atoms with Crippen molar-refractivity contribution >= 4 is 34.8 Å². The molecular weight excluding hydrogens is 539 g/mol. The zero-order chi connectivity index (χ0) is 23.8. The molecule has 0 fully saturated rings. The molecule has 3 rings (SSSR count).